The maximum Gasteiger partial charge on any atom is 0.387 e. The fourth-order valence-corrected chi connectivity index (χ4v) is 5.82. The summed E-state index contributed by atoms with van der Waals surface area (Å²) in [5.41, 5.74) is 0.537. The minimum Gasteiger partial charge on any atom is -0.431 e. The van der Waals surface area contributed by atoms with E-state index in [4.69, 9.17) is 11.6 Å². The molecule has 0 bridgehead atoms. The van der Waals surface area contributed by atoms with Crippen LogP contribution in [-0.4, -0.2) is 6.61 Å². The molecule has 31 heavy (non-hydrogen) atoms. The van der Waals surface area contributed by atoms with Gasteiger partial charge in [-0.2, -0.15) is 8.78 Å². The summed E-state index contributed by atoms with van der Waals surface area (Å²) in [6.07, 6.45) is 17.8. The van der Waals surface area contributed by atoms with Gasteiger partial charge in [0, 0.05) is 5.56 Å². The highest BCUT2D eigenvalue weighted by Gasteiger charge is 2.29. The zero-order chi connectivity index (χ0) is 22.2. The molecule has 1 nitrogen and oxygen atoms in total. The molecule has 174 valence electrons. The summed E-state index contributed by atoms with van der Waals surface area (Å²) in [5.74, 6) is 1.29. The second-order valence-corrected chi connectivity index (χ2v) is 9.97. The van der Waals surface area contributed by atoms with Gasteiger partial charge < -0.3 is 4.74 Å². The van der Waals surface area contributed by atoms with Crippen molar-refractivity contribution < 1.29 is 17.9 Å². The summed E-state index contributed by atoms with van der Waals surface area (Å²) >= 11 is 5.78. The third-order valence-electron chi connectivity index (χ3n) is 7.54. The minimum atomic E-state index is -3.06. The molecule has 0 spiro atoms. The number of unbranched alkanes of at least 4 members (excludes halogenated alkanes) is 1. The maximum absolute atomic E-state index is 14.3. The fraction of sp³-hybridized carbons (Fsp3) is 0.692. The van der Waals surface area contributed by atoms with Crippen LogP contribution in [0.1, 0.15) is 95.0 Å². The van der Waals surface area contributed by atoms with E-state index in [2.05, 4.69) is 11.3 Å². The molecule has 0 heterocycles. The Kier molecular flexibility index (Phi) is 9.62. The van der Waals surface area contributed by atoms with E-state index in [1.165, 1.54) is 57.4 Å². The van der Waals surface area contributed by atoms with Crippen molar-refractivity contribution in [1.29, 1.82) is 0 Å². The molecule has 2 fully saturated rings. The number of alkyl halides is 2. The molecule has 0 radical (unpaired) electrons. The molecule has 0 unspecified atom stereocenters. The first kappa shape index (κ1) is 24.5. The number of ether oxygens (including phenoxy) is 1. The van der Waals surface area contributed by atoms with Crippen molar-refractivity contribution in [3.63, 3.8) is 0 Å². The Bertz CT molecular complexity index is 692. The molecule has 1 aromatic carbocycles. The molecule has 5 heteroatoms. The molecule has 3 rings (SSSR count). The molecule has 0 aliphatic heterocycles. The Balaban J connectivity index is 1.43. The standard InChI is InChI=1S/C26H36ClF3O/c1-2-3-4-5-18-6-8-19(9-7-18)10-11-20-12-14-21(15-13-20)22-16-17-23(27)24(28)25(22)31-26(29)30/h2,16-21,26H,1,3-15H2. The van der Waals surface area contributed by atoms with Crippen molar-refractivity contribution in [2.24, 2.45) is 17.8 Å². The summed E-state index contributed by atoms with van der Waals surface area (Å²) in [6.45, 7) is 0.755. The van der Waals surface area contributed by atoms with Gasteiger partial charge >= 0.3 is 6.61 Å². The van der Waals surface area contributed by atoms with Gasteiger partial charge in [-0.05, 0) is 68.3 Å². The van der Waals surface area contributed by atoms with Crippen LogP contribution < -0.4 is 4.74 Å². The van der Waals surface area contributed by atoms with Crippen LogP contribution in [0.15, 0.2) is 24.8 Å². The van der Waals surface area contributed by atoms with Crippen molar-refractivity contribution in [3.05, 3.63) is 41.2 Å². The lowest BCUT2D eigenvalue weighted by Gasteiger charge is -2.32. The molecule has 1 aromatic rings. The van der Waals surface area contributed by atoms with Crippen molar-refractivity contribution in [2.75, 3.05) is 0 Å². The monoisotopic (exact) mass is 456 g/mol. The zero-order valence-electron chi connectivity index (χ0n) is 18.4. The molecule has 0 N–H and O–H groups in total. The van der Waals surface area contributed by atoms with E-state index in [0.29, 0.717) is 11.5 Å². The summed E-state index contributed by atoms with van der Waals surface area (Å²) in [4.78, 5) is 0. The Morgan fingerprint density at radius 1 is 0.935 bits per heavy atom. The van der Waals surface area contributed by atoms with Crippen LogP contribution >= 0.6 is 11.6 Å². The molecule has 2 aliphatic carbocycles. The van der Waals surface area contributed by atoms with Gasteiger partial charge in [-0.25, -0.2) is 4.39 Å². The Morgan fingerprint density at radius 2 is 1.48 bits per heavy atom. The number of benzene rings is 1. The van der Waals surface area contributed by atoms with E-state index in [-0.39, 0.29) is 16.7 Å². The number of hydrogen-bond acceptors (Lipinski definition) is 1. The van der Waals surface area contributed by atoms with Gasteiger partial charge in [0.2, 0.25) is 0 Å². The lowest BCUT2D eigenvalue weighted by atomic mass is 9.74. The van der Waals surface area contributed by atoms with Gasteiger partial charge in [-0.3, -0.25) is 0 Å². The lowest BCUT2D eigenvalue weighted by Crippen LogP contribution is -2.18. The largest absolute Gasteiger partial charge is 0.431 e. The third kappa shape index (κ3) is 7.17. The SMILES string of the molecule is C=CCCCC1CCC(CCC2CCC(c3ccc(Cl)c(F)c3OC(F)F)CC2)CC1. The van der Waals surface area contributed by atoms with Crippen LogP contribution in [-0.2, 0) is 0 Å². The first-order valence-corrected chi connectivity index (χ1v) is 12.4. The average Bonchev–Trinajstić information content (AvgIpc) is 2.77. The molecule has 2 aliphatic rings. The summed E-state index contributed by atoms with van der Waals surface area (Å²) in [5, 5.41) is -0.177. The van der Waals surface area contributed by atoms with Gasteiger partial charge in [0.25, 0.3) is 0 Å². The molecule has 2 saturated carbocycles. The number of halogens is 4. The lowest BCUT2D eigenvalue weighted by molar-refractivity contribution is -0.0531. The Labute approximate surface area is 190 Å². The van der Waals surface area contributed by atoms with Crippen LogP contribution in [0.2, 0.25) is 5.02 Å². The van der Waals surface area contributed by atoms with Gasteiger partial charge in [-0.1, -0.05) is 68.7 Å². The van der Waals surface area contributed by atoms with E-state index < -0.39 is 12.4 Å². The van der Waals surface area contributed by atoms with E-state index in [0.717, 1.165) is 43.9 Å². The minimum absolute atomic E-state index is 0.0581. The molecule has 0 aromatic heterocycles. The van der Waals surface area contributed by atoms with Crippen LogP contribution in [0.4, 0.5) is 13.2 Å². The van der Waals surface area contributed by atoms with Crippen LogP contribution in [0.3, 0.4) is 0 Å². The van der Waals surface area contributed by atoms with Gasteiger partial charge in [0.1, 0.15) is 0 Å². The Morgan fingerprint density at radius 3 is 2.03 bits per heavy atom. The second kappa shape index (κ2) is 12.2. The maximum atomic E-state index is 14.3. The first-order valence-electron chi connectivity index (χ1n) is 12.0. The van der Waals surface area contributed by atoms with Crippen molar-refractivity contribution in [2.45, 2.75) is 96.0 Å². The van der Waals surface area contributed by atoms with Crippen molar-refractivity contribution >= 4 is 11.6 Å². The highest BCUT2D eigenvalue weighted by atomic mass is 35.5. The molecular formula is C26H36ClF3O. The smallest absolute Gasteiger partial charge is 0.387 e. The molecule has 0 atom stereocenters. The topological polar surface area (TPSA) is 9.23 Å². The van der Waals surface area contributed by atoms with Crippen LogP contribution in [0, 0.1) is 23.6 Å². The molecule has 0 saturated heterocycles. The summed E-state index contributed by atoms with van der Waals surface area (Å²) in [7, 11) is 0. The second-order valence-electron chi connectivity index (χ2n) is 9.56. The van der Waals surface area contributed by atoms with Crippen molar-refractivity contribution in [3.8, 4) is 5.75 Å². The highest BCUT2D eigenvalue weighted by Crippen LogP contribution is 2.44. The van der Waals surface area contributed by atoms with Crippen molar-refractivity contribution in [1.82, 2.24) is 0 Å². The summed E-state index contributed by atoms with van der Waals surface area (Å²) < 4.78 is 44.4. The van der Waals surface area contributed by atoms with E-state index in [1.54, 1.807) is 6.07 Å². The predicted molar refractivity (Wildman–Crippen MR) is 121 cm³/mol. The predicted octanol–water partition coefficient (Wildman–Crippen LogP) is 9.30. The number of allylic oxidation sites excluding steroid dienone is 1. The first-order chi connectivity index (χ1) is 15.0. The normalized spacial score (nSPS) is 26.7. The molecule has 0 amide bonds. The van der Waals surface area contributed by atoms with Gasteiger partial charge in [0.05, 0.1) is 5.02 Å². The zero-order valence-corrected chi connectivity index (χ0v) is 19.2. The van der Waals surface area contributed by atoms with E-state index in [1.807, 2.05) is 6.08 Å². The van der Waals surface area contributed by atoms with Crippen LogP contribution in [0.5, 0.6) is 5.75 Å². The Hall–Kier alpha value is -1.16. The average molecular weight is 457 g/mol. The number of rotatable bonds is 10. The van der Waals surface area contributed by atoms with E-state index >= 15 is 0 Å². The third-order valence-corrected chi connectivity index (χ3v) is 7.84. The fourth-order valence-electron chi connectivity index (χ4n) is 5.67. The molecular weight excluding hydrogens is 421 g/mol. The number of hydrogen-bond donors (Lipinski definition) is 0. The highest BCUT2D eigenvalue weighted by molar-refractivity contribution is 6.30. The van der Waals surface area contributed by atoms with E-state index in [9.17, 15) is 13.2 Å². The van der Waals surface area contributed by atoms with Gasteiger partial charge in [-0.15, -0.1) is 6.58 Å². The van der Waals surface area contributed by atoms with Crippen LogP contribution in [0.25, 0.3) is 0 Å². The van der Waals surface area contributed by atoms with Gasteiger partial charge in [0.15, 0.2) is 11.6 Å². The summed E-state index contributed by atoms with van der Waals surface area (Å²) in [6, 6.07) is 3.10. The quantitative estimate of drug-likeness (QED) is 0.251.